The predicted molar refractivity (Wildman–Crippen MR) is 56.6 cm³/mol. The highest BCUT2D eigenvalue weighted by Crippen LogP contribution is 2.04. The molecule has 0 radical (unpaired) electrons. The van der Waals surface area contributed by atoms with Crippen molar-refractivity contribution in [3.05, 3.63) is 0 Å². The van der Waals surface area contributed by atoms with Crippen LogP contribution in [0.4, 0.5) is 0 Å². The van der Waals surface area contributed by atoms with Gasteiger partial charge in [0.05, 0.1) is 0 Å². The van der Waals surface area contributed by atoms with Crippen molar-refractivity contribution in [2.24, 2.45) is 5.92 Å². The summed E-state index contributed by atoms with van der Waals surface area (Å²) in [7, 11) is -1.29. The Balaban J connectivity index is 3.96. The van der Waals surface area contributed by atoms with Crippen molar-refractivity contribution in [2.75, 3.05) is 0 Å². The molecule has 0 saturated carbocycles. The zero-order valence-electron chi connectivity index (χ0n) is 8.81. The van der Waals surface area contributed by atoms with Crippen LogP contribution in [-0.4, -0.2) is 19.3 Å². The molecular formula is C10H20OSi. The largest absolute Gasteiger partial charge is 0.380 e. The van der Waals surface area contributed by atoms with Crippen LogP contribution in [0.15, 0.2) is 0 Å². The maximum absolute atomic E-state index is 9.43. The zero-order valence-corrected chi connectivity index (χ0v) is 9.81. The number of aliphatic hydroxyl groups excluding tert-OH is 1. The summed E-state index contributed by atoms with van der Waals surface area (Å²) >= 11 is 0. The molecule has 0 unspecified atom stereocenters. The molecule has 0 aromatic rings. The third kappa shape index (κ3) is 7.84. The molecule has 0 aromatic carbocycles. The van der Waals surface area contributed by atoms with Crippen molar-refractivity contribution < 1.29 is 5.11 Å². The van der Waals surface area contributed by atoms with Gasteiger partial charge in [-0.2, -0.15) is 0 Å². The lowest BCUT2D eigenvalue weighted by Crippen LogP contribution is -2.18. The van der Waals surface area contributed by atoms with Crippen LogP contribution < -0.4 is 0 Å². The summed E-state index contributed by atoms with van der Waals surface area (Å²) in [5.74, 6) is 3.45. The van der Waals surface area contributed by atoms with Crippen molar-refractivity contribution in [1.29, 1.82) is 0 Å². The Bertz CT molecular complexity index is 180. The van der Waals surface area contributed by atoms with Gasteiger partial charge in [0, 0.05) is 0 Å². The van der Waals surface area contributed by atoms with Crippen LogP contribution in [0.25, 0.3) is 0 Å². The summed E-state index contributed by atoms with van der Waals surface area (Å²) in [5, 5.41) is 9.43. The third-order valence-electron chi connectivity index (χ3n) is 1.31. The second-order valence-corrected chi connectivity index (χ2v) is 9.41. The van der Waals surface area contributed by atoms with Crippen molar-refractivity contribution in [2.45, 2.75) is 46.0 Å². The Morgan fingerprint density at radius 2 is 1.75 bits per heavy atom. The molecule has 1 N–H and O–H groups in total. The van der Waals surface area contributed by atoms with Crippen LogP contribution in [0.3, 0.4) is 0 Å². The van der Waals surface area contributed by atoms with Crippen molar-refractivity contribution >= 4 is 8.07 Å². The second-order valence-electron chi connectivity index (χ2n) is 4.66. The molecule has 0 aromatic heterocycles. The second kappa shape index (κ2) is 4.69. The van der Waals surface area contributed by atoms with E-state index in [4.69, 9.17) is 0 Å². The van der Waals surface area contributed by atoms with Gasteiger partial charge in [0.2, 0.25) is 0 Å². The third-order valence-corrected chi connectivity index (χ3v) is 2.20. The molecule has 1 atom stereocenters. The maximum Gasteiger partial charge on any atom is 0.129 e. The van der Waals surface area contributed by atoms with E-state index < -0.39 is 14.2 Å². The Labute approximate surface area is 77.2 Å². The molecule has 0 fully saturated rings. The summed E-state index contributed by atoms with van der Waals surface area (Å²) in [4.78, 5) is 0. The van der Waals surface area contributed by atoms with Crippen molar-refractivity contribution in [3.8, 4) is 11.5 Å². The molecular weight excluding hydrogens is 164 g/mol. The fourth-order valence-electron chi connectivity index (χ4n) is 0.805. The molecule has 0 aliphatic carbocycles. The predicted octanol–water partition coefficient (Wildman–Crippen LogP) is 2.27. The van der Waals surface area contributed by atoms with Crippen LogP contribution in [0.2, 0.25) is 19.6 Å². The van der Waals surface area contributed by atoms with E-state index in [0.29, 0.717) is 5.92 Å². The molecule has 0 bridgehead atoms. The molecule has 2 heteroatoms. The molecule has 1 nitrogen and oxygen atoms in total. The van der Waals surface area contributed by atoms with E-state index in [2.05, 4.69) is 45.0 Å². The van der Waals surface area contributed by atoms with Gasteiger partial charge >= 0.3 is 0 Å². The summed E-state index contributed by atoms with van der Waals surface area (Å²) < 4.78 is 0. The Kier molecular flexibility index (Phi) is 4.58. The van der Waals surface area contributed by atoms with E-state index >= 15 is 0 Å². The molecule has 12 heavy (non-hydrogen) atoms. The zero-order chi connectivity index (χ0) is 9.78. The average molecular weight is 184 g/mol. The van der Waals surface area contributed by atoms with Crippen LogP contribution >= 0.6 is 0 Å². The Hall–Kier alpha value is -0.263. The van der Waals surface area contributed by atoms with Crippen molar-refractivity contribution in [1.82, 2.24) is 0 Å². The van der Waals surface area contributed by atoms with Gasteiger partial charge in [0.15, 0.2) is 0 Å². The highest BCUT2D eigenvalue weighted by atomic mass is 28.3. The van der Waals surface area contributed by atoms with Gasteiger partial charge in [0.25, 0.3) is 0 Å². The molecule has 0 aliphatic rings. The van der Waals surface area contributed by atoms with Crippen LogP contribution in [0.1, 0.15) is 20.3 Å². The minimum Gasteiger partial charge on any atom is -0.380 e. The van der Waals surface area contributed by atoms with Gasteiger partial charge in [-0.05, 0) is 12.3 Å². The smallest absolute Gasteiger partial charge is 0.129 e. The Morgan fingerprint density at radius 3 is 2.08 bits per heavy atom. The normalized spacial score (nSPS) is 13.9. The molecule has 0 spiro atoms. The summed E-state index contributed by atoms with van der Waals surface area (Å²) in [6.45, 7) is 10.7. The summed E-state index contributed by atoms with van der Waals surface area (Å²) in [6.07, 6.45) is 0.369. The first kappa shape index (κ1) is 11.7. The SMILES string of the molecule is CC(C)C[C@H](O)C#C[Si](C)(C)C. The first-order valence-corrected chi connectivity index (χ1v) is 8.02. The van der Waals surface area contributed by atoms with Gasteiger partial charge in [-0.15, -0.1) is 5.54 Å². The lowest BCUT2D eigenvalue weighted by molar-refractivity contribution is 0.204. The quantitative estimate of drug-likeness (QED) is 0.515. The topological polar surface area (TPSA) is 20.2 Å². The molecule has 0 aliphatic heterocycles. The maximum atomic E-state index is 9.43. The van der Waals surface area contributed by atoms with Crippen LogP contribution in [-0.2, 0) is 0 Å². The standard InChI is InChI=1S/C10H20OSi/c1-9(2)8-10(11)6-7-12(3,4)5/h9-11H,8H2,1-5H3/t10-/m1/s1. The van der Waals surface area contributed by atoms with Crippen LogP contribution in [0.5, 0.6) is 0 Å². The molecule has 0 rings (SSSR count). The van der Waals surface area contributed by atoms with E-state index in [0.717, 1.165) is 6.42 Å². The van der Waals surface area contributed by atoms with Crippen LogP contribution in [0, 0.1) is 17.4 Å². The van der Waals surface area contributed by atoms with E-state index in [9.17, 15) is 5.11 Å². The number of hydrogen-bond acceptors (Lipinski definition) is 1. The van der Waals surface area contributed by atoms with Crippen molar-refractivity contribution in [3.63, 3.8) is 0 Å². The van der Waals surface area contributed by atoms with E-state index in [-0.39, 0.29) is 0 Å². The molecule has 0 heterocycles. The minimum absolute atomic E-state index is 0.420. The average Bonchev–Trinajstić information content (AvgIpc) is 1.80. The fraction of sp³-hybridized carbons (Fsp3) is 0.800. The highest BCUT2D eigenvalue weighted by Gasteiger charge is 2.09. The first-order chi connectivity index (χ1) is 5.31. The summed E-state index contributed by atoms with van der Waals surface area (Å²) in [5.41, 5.74) is 3.17. The van der Waals surface area contributed by atoms with Gasteiger partial charge in [-0.1, -0.05) is 39.4 Å². The lowest BCUT2D eigenvalue weighted by atomic mass is 10.1. The highest BCUT2D eigenvalue weighted by molar-refractivity contribution is 6.83. The number of hydrogen-bond donors (Lipinski definition) is 1. The number of aliphatic hydroxyl groups is 1. The van der Waals surface area contributed by atoms with Gasteiger partial charge in [-0.3, -0.25) is 0 Å². The number of rotatable bonds is 2. The molecule has 70 valence electrons. The lowest BCUT2D eigenvalue weighted by Gasteiger charge is -2.08. The minimum atomic E-state index is -1.29. The van der Waals surface area contributed by atoms with E-state index in [1.807, 2.05) is 0 Å². The Morgan fingerprint density at radius 1 is 1.25 bits per heavy atom. The van der Waals surface area contributed by atoms with Gasteiger partial charge < -0.3 is 5.11 Å². The summed E-state index contributed by atoms with van der Waals surface area (Å²) in [6, 6.07) is 0. The van der Waals surface area contributed by atoms with Gasteiger partial charge in [-0.25, -0.2) is 0 Å². The molecule has 0 amide bonds. The van der Waals surface area contributed by atoms with E-state index in [1.54, 1.807) is 0 Å². The van der Waals surface area contributed by atoms with E-state index in [1.165, 1.54) is 0 Å². The molecule has 0 saturated heterocycles. The fourth-order valence-corrected chi connectivity index (χ4v) is 1.40. The first-order valence-electron chi connectivity index (χ1n) is 4.52. The monoisotopic (exact) mass is 184 g/mol. The van der Waals surface area contributed by atoms with Gasteiger partial charge in [0.1, 0.15) is 14.2 Å².